The molecular weight excluding hydrogens is 294 g/mol. The summed E-state index contributed by atoms with van der Waals surface area (Å²) in [6.45, 7) is 3.83. The van der Waals surface area contributed by atoms with Gasteiger partial charge >= 0.3 is 0 Å². The molecule has 3 aromatic rings. The van der Waals surface area contributed by atoms with E-state index in [1.165, 1.54) is 0 Å². The van der Waals surface area contributed by atoms with E-state index in [1.807, 2.05) is 50.2 Å². The maximum absolute atomic E-state index is 12.5. The lowest BCUT2D eigenvalue weighted by Gasteiger charge is -2.12. The fraction of sp³-hybridized carbons (Fsp3) is 0.111. The third kappa shape index (κ3) is 2.83. The molecule has 0 amide bonds. The molecule has 0 bridgehead atoms. The van der Waals surface area contributed by atoms with Gasteiger partial charge in [-0.25, -0.2) is 8.42 Å². The molecule has 0 radical (unpaired) electrons. The first-order valence-electron chi connectivity index (χ1n) is 7.04. The minimum Gasteiger partial charge on any atom is -0.279 e. The molecule has 0 aliphatic heterocycles. The van der Waals surface area contributed by atoms with Gasteiger partial charge in [-0.05, 0) is 54.4 Å². The summed E-state index contributed by atoms with van der Waals surface area (Å²) < 4.78 is 27.7. The summed E-state index contributed by atoms with van der Waals surface area (Å²) in [4.78, 5) is 0.269. The highest BCUT2D eigenvalue weighted by atomic mass is 32.2. The molecule has 0 heterocycles. The fourth-order valence-electron chi connectivity index (χ4n) is 2.39. The van der Waals surface area contributed by atoms with Gasteiger partial charge in [0, 0.05) is 0 Å². The van der Waals surface area contributed by atoms with Crippen molar-refractivity contribution in [2.45, 2.75) is 18.7 Å². The number of anilines is 1. The van der Waals surface area contributed by atoms with E-state index in [-0.39, 0.29) is 4.90 Å². The maximum Gasteiger partial charge on any atom is 0.261 e. The van der Waals surface area contributed by atoms with E-state index in [1.54, 1.807) is 24.3 Å². The van der Waals surface area contributed by atoms with Crippen molar-refractivity contribution >= 4 is 26.5 Å². The van der Waals surface area contributed by atoms with E-state index in [0.29, 0.717) is 5.69 Å². The van der Waals surface area contributed by atoms with Crippen LogP contribution in [0.25, 0.3) is 10.8 Å². The Balaban J connectivity index is 2.01. The molecule has 3 aromatic carbocycles. The fourth-order valence-corrected chi connectivity index (χ4v) is 3.51. The first kappa shape index (κ1) is 14.6. The summed E-state index contributed by atoms with van der Waals surface area (Å²) in [5, 5.41) is 2.10. The van der Waals surface area contributed by atoms with Gasteiger partial charge in [-0.1, -0.05) is 42.0 Å². The van der Waals surface area contributed by atoms with Crippen LogP contribution in [0.5, 0.6) is 0 Å². The number of nitrogens with one attached hydrogen (secondary N) is 1. The Morgan fingerprint density at radius 1 is 0.818 bits per heavy atom. The second-order valence-corrected chi connectivity index (χ2v) is 7.12. The van der Waals surface area contributed by atoms with E-state index in [9.17, 15) is 8.42 Å². The largest absolute Gasteiger partial charge is 0.279 e. The zero-order valence-electron chi connectivity index (χ0n) is 12.5. The maximum atomic E-state index is 12.5. The van der Waals surface area contributed by atoms with Crippen molar-refractivity contribution in [2.24, 2.45) is 0 Å². The lowest BCUT2D eigenvalue weighted by molar-refractivity contribution is 0.601. The van der Waals surface area contributed by atoms with Crippen LogP contribution in [0.1, 0.15) is 11.1 Å². The molecule has 0 aliphatic rings. The Labute approximate surface area is 130 Å². The quantitative estimate of drug-likeness (QED) is 0.785. The van der Waals surface area contributed by atoms with Crippen LogP contribution in [0.2, 0.25) is 0 Å². The smallest absolute Gasteiger partial charge is 0.261 e. The number of hydrogen-bond acceptors (Lipinski definition) is 2. The summed E-state index contributed by atoms with van der Waals surface area (Å²) in [7, 11) is -3.57. The topological polar surface area (TPSA) is 46.2 Å². The van der Waals surface area contributed by atoms with Crippen molar-refractivity contribution in [2.75, 3.05) is 4.72 Å². The van der Waals surface area contributed by atoms with Gasteiger partial charge in [-0.15, -0.1) is 0 Å². The van der Waals surface area contributed by atoms with E-state index in [4.69, 9.17) is 0 Å². The molecule has 0 spiro atoms. The van der Waals surface area contributed by atoms with Gasteiger partial charge in [0.1, 0.15) is 0 Å². The SMILES string of the molecule is Cc1ccc(S(=O)(=O)Nc2cc3ccccc3cc2C)cc1. The van der Waals surface area contributed by atoms with Crippen LogP contribution in [-0.4, -0.2) is 8.42 Å². The summed E-state index contributed by atoms with van der Waals surface area (Å²) in [5.74, 6) is 0. The minimum atomic E-state index is -3.57. The highest BCUT2D eigenvalue weighted by Gasteiger charge is 2.15. The second kappa shape index (κ2) is 5.46. The van der Waals surface area contributed by atoms with Crippen LogP contribution in [0, 0.1) is 13.8 Å². The van der Waals surface area contributed by atoms with Crippen LogP contribution in [0.3, 0.4) is 0 Å². The molecule has 22 heavy (non-hydrogen) atoms. The van der Waals surface area contributed by atoms with Crippen LogP contribution in [0.15, 0.2) is 65.6 Å². The molecule has 4 heteroatoms. The van der Waals surface area contributed by atoms with Crippen molar-refractivity contribution < 1.29 is 8.42 Å². The third-order valence-corrected chi connectivity index (χ3v) is 5.05. The van der Waals surface area contributed by atoms with E-state index in [0.717, 1.165) is 21.9 Å². The first-order chi connectivity index (χ1) is 10.5. The third-order valence-electron chi connectivity index (χ3n) is 3.67. The molecule has 3 rings (SSSR count). The van der Waals surface area contributed by atoms with Crippen molar-refractivity contribution in [3.63, 3.8) is 0 Å². The molecule has 112 valence electrons. The average Bonchev–Trinajstić information content (AvgIpc) is 2.48. The number of benzene rings is 3. The van der Waals surface area contributed by atoms with Crippen molar-refractivity contribution in [1.82, 2.24) is 0 Å². The Morgan fingerprint density at radius 2 is 1.41 bits per heavy atom. The number of sulfonamides is 1. The van der Waals surface area contributed by atoms with Crippen LogP contribution >= 0.6 is 0 Å². The predicted octanol–water partition coefficient (Wildman–Crippen LogP) is 4.26. The monoisotopic (exact) mass is 311 g/mol. The molecule has 0 fully saturated rings. The van der Waals surface area contributed by atoms with Gasteiger partial charge in [0.05, 0.1) is 10.6 Å². The van der Waals surface area contributed by atoms with Crippen molar-refractivity contribution in [3.8, 4) is 0 Å². The normalized spacial score (nSPS) is 11.5. The van der Waals surface area contributed by atoms with Gasteiger partial charge in [0.25, 0.3) is 10.0 Å². The van der Waals surface area contributed by atoms with E-state index in [2.05, 4.69) is 4.72 Å². The number of hydrogen-bond donors (Lipinski definition) is 1. The Morgan fingerprint density at radius 3 is 2.05 bits per heavy atom. The van der Waals surface area contributed by atoms with Gasteiger partial charge < -0.3 is 0 Å². The lowest BCUT2D eigenvalue weighted by Crippen LogP contribution is -2.13. The number of rotatable bonds is 3. The zero-order chi connectivity index (χ0) is 15.7. The van der Waals surface area contributed by atoms with Crippen molar-refractivity contribution in [3.05, 3.63) is 71.8 Å². The van der Waals surface area contributed by atoms with Crippen LogP contribution in [0.4, 0.5) is 5.69 Å². The summed E-state index contributed by atoms with van der Waals surface area (Å²) in [6.07, 6.45) is 0. The minimum absolute atomic E-state index is 0.269. The average molecular weight is 311 g/mol. The molecule has 3 nitrogen and oxygen atoms in total. The molecule has 0 saturated carbocycles. The number of fused-ring (bicyclic) bond motifs is 1. The van der Waals surface area contributed by atoms with Gasteiger partial charge in [0.15, 0.2) is 0 Å². The molecule has 1 N–H and O–H groups in total. The van der Waals surface area contributed by atoms with Gasteiger partial charge in [-0.3, -0.25) is 4.72 Å². The van der Waals surface area contributed by atoms with E-state index >= 15 is 0 Å². The molecular formula is C18H17NO2S. The second-order valence-electron chi connectivity index (χ2n) is 5.43. The first-order valence-corrected chi connectivity index (χ1v) is 8.53. The molecule has 0 unspecified atom stereocenters. The summed E-state index contributed by atoms with van der Waals surface area (Å²) in [6, 6.07) is 18.6. The zero-order valence-corrected chi connectivity index (χ0v) is 13.3. The van der Waals surface area contributed by atoms with E-state index < -0.39 is 10.0 Å². The van der Waals surface area contributed by atoms with Crippen molar-refractivity contribution in [1.29, 1.82) is 0 Å². The molecule has 0 aromatic heterocycles. The summed E-state index contributed by atoms with van der Waals surface area (Å²) >= 11 is 0. The van der Waals surface area contributed by atoms with Crippen LogP contribution in [-0.2, 0) is 10.0 Å². The Kier molecular flexibility index (Phi) is 3.62. The molecule has 0 aliphatic carbocycles. The van der Waals surface area contributed by atoms with Gasteiger partial charge in [0.2, 0.25) is 0 Å². The Bertz CT molecular complexity index is 929. The molecule has 0 saturated heterocycles. The summed E-state index contributed by atoms with van der Waals surface area (Å²) in [5.41, 5.74) is 2.54. The highest BCUT2D eigenvalue weighted by Crippen LogP contribution is 2.25. The standard InChI is InChI=1S/C18H17NO2S/c1-13-7-9-17(10-8-13)22(20,21)19-18-12-16-6-4-3-5-15(16)11-14(18)2/h3-12,19H,1-2H3. The van der Waals surface area contributed by atoms with Gasteiger partial charge in [-0.2, -0.15) is 0 Å². The molecule has 0 atom stereocenters. The number of aryl methyl sites for hydroxylation is 2. The highest BCUT2D eigenvalue weighted by molar-refractivity contribution is 7.92. The van der Waals surface area contributed by atoms with Crippen LogP contribution < -0.4 is 4.72 Å². The lowest BCUT2D eigenvalue weighted by atomic mass is 10.1. The predicted molar refractivity (Wildman–Crippen MR) is 90.7 cm³/mol. The Hall–Kier alpha value is -2.33.